The molecular weight excluding hydrogens is 306 g/mol. The highest BCUT2D eigenvalue weighted by atomic mass is 16.2. The topological polar surface area (TPSA) is 91.8 Å². The fraction of sp³-hybridized carbons (Fsp3) is 0.235. The van der Waals surface area contributed by atoms with E-state index in [1.807, 2.05) is 25.3 Å². The summed E-state index contributed by atoms with van der Waals surface area (Å²) >= 11 is 0. The maximum absolute atomic E-state index is 11.9. The molecule has 24 heavy (non-hydrogen) atoms. The molecule has 3 N–H and O–H groups in total. The standard InChI is InChI=1S/C17H19N5O2/c1-11-3-5-15-14(7-11)12(8-18-15)4-6-16(23)20-21-17(24)13-9-19-22(2)10-13/h3,5,7-10,18H,4,6H2,1-2H3,(H,20,23)(H,21,24). The van der Waals surface area contributed by atoms with Crippen molar-refractivity contribution in [3.8, 4) is 0 Å². The van der Waals surface area contributed by atoms with Crippen molar-refractivity contribution in [3.63, 3.8) is 0 Å². The predicted molar refractivity (Wildman–Crippen MR) is 90.2 cm³/mol. The summed E-state index contributed by atoms with van der Waals surface area (Å²) in [4.78, 5) is 27.0. The van der Waals surface area contributed by atoms with Gasteiger partial charge in [-0.15, -0.1) is 0 Å². The van der Waals surface area contributed by atoms with Crippen molar-refractivity contribution >= 4 is 22.7 Å². The molecule has 0 spiro atoms. The van der Waals surface area contributed by atoms with Crippen LogP contribution in [0.5, 0.6) is 0 Å². The molecule has 7 nitrogen and oxygen atoms in total. The zero-order valence-electron chi connectivity index (χ0n) is 13.6. The van der Waals surface area contributed by atoms with Crippen molar-refractivity contribution in [3.05, 3.63) is 53.5 Å². The number of carbonyl (C=O) groups excluding carboxylic acids is 2. The van der Waals surface area contributed by atoms with E-state index in [1.54, 1.807) is 13.2 Å². The molecule has 0 aliphatic carbocycles. The molecule has 0 radical (unpaired) electrons. The fourth-order valence-corrected chi connectivity index (χ4v) is 2.55. The number of aromatic nitrogens is 3. The van der Waals surface area contributed by atoms with Gasteiger partial charge in [-0.05, 0) is 31.0 Å². The number of carbonyl (C=O) groups is 2. The Morgan fingerprint density at radius 2 is 2.12 bits per heavy atom. The molecule has 124 valence electrons. The van der Waals surface area contributed by atoms with Crippen LogP contribution in [0.25, 0.3) is 10.9 Å². The number of hydrazine groups is 1. The summed E-state index contributed by atoms with van der Waals surface area (Å²) < 4.78 is 1.52. The Bertz CT molecular complexity index is 893. The van der Waals surface area contributed by atoms with Crippen LogP contribution in [0.3, 0.4) is 0 Å². The molecular formula is C17H19N5O2. The zero-order valence-corrected chi connectivity index (χ0v) is 13.6. The minimum Gasteiger partial charge on any atom is -0.361 e. The van der Waals surface area contributed by atoms with Gasteiger partial charge in [-0.2, -0.15) is 5.10 Å². The quantitative estimate of drug-likeness (QED) is 0.636. The lowest BCUT2D eigenvalue weighted by Gasteiger charge is -2.06. The van der Waals surface area contributed by atoms with E-state index in [2.05, 4.69) is 27.0 Å². The van der Waals surface area contributed by atoms with Crippen LogP contribution in [0.1, 0.15) is 27.9 Å². The number of amides is 2. The van der Waals surface area contributed by atoms with Gasteiger partial charge in [-0.1, -0.05) is 11.6 Å². The highest BCUT2D eigenvalue weighted by Crippen LogP contribution is 2.20. The van der Waals surface area contributed by atoms with Gasteiger partial charge in [-0.25, -0.2) is 0 Å². The van der Waals surface area contributed by atoms with Crippen LogP contribution in [0.15, 0.2) is 36.8 Å². The Labute approximate surface area is 139 Å². The van der Waals surface area contributed by atoms with Crippen LogP contribution >= 0.6 is 0 Å². The zero-order chi connectivity index (χ0) is 17.1. The molecule has 0 bridgehead atoms. The van der Waals surface area contributed by atoms with Crippen molar-refractivity contribution in [2.45, 2.75) is 19.8 Å². The van der Waals surface area contributed by atoms with Gasteiger partial charge in [0.2, 0.25) is 5.91 Å². The molecule has 0 saturated carbocycles. The van der Waals surface area contributed by atoms with Gasteiger partial charge in [0, 0.05) is 36.8 Å². The number of hydrogen-bond acceptors (Lipinski definition) is 3. The molecule has 0 unspecified atom stereocenters. The van der Waals surface area contributed by atoms with Crippen molar-refractivity contribution in [2.75, 3.05) is 0 Å². The largest absolute Gasteiger partial charge is 0.361 e. The number of nitrogens with one attached hydrogen (secondary N) is 3. The Hall–Kier alpha value is -3.09. The van der Waals surface area contributed by atoms with E-state index in [9.17, 15) is 9.59 Å². The molecule has 0 aliphatic heterocycles. The molecule has 3 aromatic rings. The van der Waals surface area contributed by atoms with Gasteiger partial charge in [-0.3, -0.25) is 25.1 Å². The lowest BCUT2D eigenvalue weighted by Crippen LogP contribution is -2.41. The van der Waals surface area contributed by atoms with Gasteiger partial charge < -0.3 is 4.98 Å². The van der Waals surface area contributed by atoms with Crippen LogP contribution < -0.4 is 10.9 Å². The SMILES string of the molecule is Cc1ccc2[nH]cc(CCC(=O)NNC(=O)c3cnn(C)c3)c2c1. The monoisotopic (exact) mass is 325 g/mol. The summed E-state index contributed by atoms with van der Waals surface area (Å²) in [6.45, 7) is 2.04. The van der Waals surface area contributed by atoms with Crippen LogP contribution in [0.2, 0.25) is 0 Å². The highest BCUT2D eigenvalue weighted by molar-refractivity contribution is 5.95. The first-order chi connectivity index (χ1) is 11.5. The predicted octanol–water partition coefficient (Wildman–Crippen LogP) is 1.60. The molecule has 0 fully saturated rings. The van der Waals surface area contributed by atoms with Gasteiger partial charge in [0.25, 0.3) is 5.91 Å². The van der Waals surface area contributed by atoms with Crippen molar-refractivity contribution in [1.29, 1.82) is 0 Å². The van der Waals surface area contributed by atoms with E-state index in [4.69, 9.17) is 0 Å². The molecule has 7 heteroatoms. The Morgan fingerprint density at radius 1 is 1.29 bits per heavy atom. The van der Waals surface area contributed by atoms with Crippen LogP contribution in [0.4, 0.5) is 0 Å². The molecule has 0 atom stereocenters. The van der Waals surface area contributed by atoms with E-state index in [0.29, 0.717) is 12.0 Å². The maximum Gasteiger partial charge on any atom is 0.272 e. The van der Waals surface area contributed by atoms with Gasteiger partial charge in [0.1, 0.15) is 0 Å². The third-order valence-electron chi connectivity index (χ3n) is 3.83. The second-order valence-corrected chi connectivity index (χ2v) is 5.77. The number of H-pyrrole nitrogens is 1. The minimum atomic E-state index is -0.390. The first-order valence-corrected chi connectivity index (χ1v) is 7.67. The average Bonchev–Trinajstić information content (AvgIpc) is 3.16. The second-order valence-electron chi connectivity index (χ2n) is 5.77. The van der Waals surface area contributed by atoms with Crippen molar-refractivity contribution in [2.24, 2.45) is 7.05 Å². The fourth-order valence-electron chi connectivity index (χ4n) is 2.55. The number of nitrogens with zero attached hydrogens (tertiary/aromatic N) is 2. The summed E-state index contributed by atoms with van der Waals surface area (Å²) in [7, 11) is 1.72. The number of rotatable bonds is 4. The summed E-state index contributed by atoms with van der Waals surface area (Å²) in [6.07, 6.45) is 5.82. The molecule has 2 aromatic heterocycles. The summed E-state index contributed by atoms with van der Waals surface area (Å²) in [5, 5.41) is 5.04. The first-order valence-electron chi connectivity index (χ1n) is 7.67. The van der Waals surface area contributed by atoms with Gasteiger partial charge in [0.05, 0.1) is 11.8 Å². The summed E-state index contributed by atoms with van der Waals surface area (Å²) in [6, 6.07) is 6.18. The highest BCUT2D eigenvalue weighted by Gasteiger charge is 2.10. The van der Waals surface area contributed by atoms with Crippen LogP contribution in [-0.4, -0.2) is 26.6 Å². The average molecular weight is 325 g/mol. The first kappa shape index (κ1) is 15.8. The number of fused-ring (bicyclic) bond motifs is 1. The molecule has 1 aromatic carbocycles. The van der Waals surface area contributed by atoms with Crippen LogP contribution in [-0.2, 0) is 18.3 Å². The van der Waals surface area contributed by atoms with Crippen molar-refractivity contribution in [1.82, 2.24) is 25.6 Å². The molecule has 2 heterocycles. The Kier molecular flexibility index (Phi) is 4.33. The molecule has 0 saturated heterocycles. The normalized spacial score (nSPS) is 10.8. The third-order valence-corrected chi connectivity index (χ3v) is 3.83. The second kappa shape index (κ2) is 6.57. The maximum atomic E-state index is 11.9. The van der Waals surface area contributed by atoms with E-state index >= 15 is 0 Å². The van der Waals surface area contributed by atoms with Crippen molar-refractivity contribution < 1.29 is 9.59 Å². The summed E-state index contributed by atoms with van der Waals surface area (Å²) in [5.41, 5.74) is 8.53. The Morgan fingerprint density at radius 3 is 2.88 bits per heavy atom. The van der Waals surface area contributed by atoms with Gasteiger partial charge in [0.15, 0.2) is 0 Å². The summed E-state index contributed by atoms with van der Waals surface area (Å²) in [5.74, 6) is -0.631. The van der Waals surface area contributed by atoms with E-state index < -0.39 is 0 Å². The van der Waals surface area contributed by atoms with Gasteiger partial charge >= 0.3 is 0 Å². The smallest absolute Gasteiger partial charge is 0.272 e. The lowest BCUT2D eigenvalue weighted by atomic mass is 10.1. The molecule has 0 aliphatic rings. The van der Waals surface area contributed by atoms with E-state index in [1.165, 1.54) is 16.4 Å². The third kappa shape index (κ3) is 3.45. The van der Waals surface area contributed by atoms with E-state index in [0.717, 1.165) is 16.5 Å². The molecule has 2 amide bonds. The van der Waals surface area contributed by atoms with E-state index in [-0.39, 0.29) is 18.2 Å². The number of benzene rings is 1. The molecule has 3 rings (SSSR count). The number of aromatic amines is 1. The van der Waals surface area contributed by atoms with Crippen LogP contribution in [0, 0.1) is 6.92 Å². The lowest BCUT2D eigenvalue weighted by molar-refractivity contribution is -0.121. The number of hydrogen-bond donors (Lipinski definition) is 3. The number of aryl methyl sites for hydroxylation is 3. The Balaban J connectivity index is 1.53. The minimum absolute atomic E-state index is 0.241.